The third kappa shape index (κ3) is 14.0. The first-order valence-corrected chi connectivity index (χ1v) is 7.73. The van der Waals surface area contributed by atoms with Gasteiger partial charge in [0.1, 0.15) is 0 Å². The van der Waals surface area contributed by atoms with Crippen LogP contribution in [0.25, 0.3) is 0 Å². The van der Waals surface area contributed by atoms with E-state index in [1.165, 1.54) is 0 Å². The molecule has 8 heteroatoms. The number of hydrogen-bond donors (Lipinski definition) is 3. The van der Waals surface area contributed by atoms with Gasteiger partial charge < -0.3 is 10.6 Å². The predicted molar refractivity (Wildman–Crippen MR) is 86.9 cm³/mol. The Balaban J connectivity index is 0. The highest BCUT2D eigenvalue weighted by Crippen LogP contribution is 1.93. The third-order valence-electron chi connectivity index (χ3n) is 2.05. The molecule has 0 atom stereocenters. The summed E-state index contributed by atoms with van der Waals surface area (Å²) in [6, 6.07) is 0. The molecular formula is C10H25IN4O2S. The van der Waals surface area contributed by atoms with Gasteiger partial charge in [-0.15, -0.1) is 24.0 Å². The second-order valence-corrected chi connectivity index (χ2v) is 5.50. The largest absolute Gasteiger partial charge is 0.357 e. The van der Waals surface area contributed by atoms with E-state index in [4.69, 9.17) is 5.14 Å². The summed E-state index contributed by atoms with van der Waals surface area (Å²) in [7, 11) is -3.41. The minimum absolute atomic E-state index is 0. The maximum absolute atomic E-state index is 10.7. The van der Waals surface area contributed by atoms with Gasteiger partial charge in [-0.1, -0.05) is 19.8 Å². The molecule has 0 radical (unpaired) electrons. The van der Waals surface area contributed by atoms with Gasteiger partial charge >= 0.3 is 0 Å². The zero-order valence-corrected chi connectivity index (χ0v) is 14.3. The average molecular weight is 392 g/mol. The summed E-state index contributed by atoms with van der Waals surface area (Å²) in [4.78, 5) is 4.33. The van der Waals surface area contributed by atoms with Crippen molar-refractivity contribution >= 4 is 40.0 Å². The summed E-state index contributed by atoms with van der Waals surface area (Å²) in [6.07, 6.45) is 3.35. The minimum Gasteiger partial charge on any atom is -0.357 e. The maximum Gasteiger partial charge on any atom is 0.210 e. The van der Waals surface area contributed by atoms with Crippen LogP contribution in [0.3, 0.4) is 0 Å². The summed E-state index contributed by atoms with van der Waals surface area (Å²) >= 11 is 0. The molecular weight excluding hydrogens is 367 g/mol. The van der Waals surface area contributed by atoms with Gasteiger partial charge in [-0.3, -0.25) is 4.99 Å². The number of nitrogens with zero attached hydrogens (tertiary/aromatic N) is 1. The van der Waals surface area contributed by atoms with E-state index in [2.05, 4.69) is 22.5 Å². The molecule has 0 saturated carbocycles. The third-order valence-corrected chi connectivity index (χ3v) is 2.83. The van der Waals surface area contributed by atoms with Crippen molar-refractivity contribution in [3.8, 4) is 0 Å². The Morgan fingerprint density at radius 1 is 1.22 bits per heavy atom. The highest BCUT2D eigenvalue weighted by Gasteiger charge is 2.03. The van der Waals surface area contributed by atoms with Crippen LogP contribution in [0.1, 0.15) is 33.1 Å². The Kier molecular flexibility index (Phi) is 13.5. The van der Waals surface area contributed by atoms with Crippen LogP contribution in [0, 0.1) is 0 Å². The Morgan fingerprint density at radius 2 is 1.89 bits per heavy atom. The molecule has 0 aliphatic carbocycles. The number of nitrogens with one attached hydrogen (secondary N) is 2. The van der Waals surface area contributed by atoms with Crippen molar-refractivity contribution in [2.24, 2.45) is 10.1 Å². The number of hydrogen-bond acceptors (Lipinski definition) is 3. The Hall–Kier alpha value is -0.0900. The molecule has 0 amide bonds. The van der Waals surface area contributed by atoms with Crippen LogP contribution in [0.2, 0.25) is 0 Å². The first-order chi connectivity index (χ1) is 7.99. The van der Waals surface area contributed by atoms with Gasteiger partial charge in [-0.2, -0.15) is 0 Å². The number of sulfonamides is 1. The van der Waals surface area contributed by atoms with Crippen molar-refractivity contribution in [3.05, 3.63) is 0 Å². The van der Waals surface area contributed by atoms with Crippen LogP contribution in [0.4, 0.5) is 0 Å². The molecule has 110 valence electrons. The zero-order chi connectivity index (χ0) is 13.1. The monoisotopic (exact) mass is 392 g/mol. The summed E-state index contributed by atoms with van der Waals surface area (Å²) in [6.45, 7) is 5.87. The lowest BCUT2D eigenvalue weighted by Gasteiger charge is -2.10. The molecule has 6 nitrogen and oxygen atoms in total. The number of nitrogens with two attached hydrogens (primary N) is 1. The first-order valence-electron chi connectivity index (χ1n) is 6.02. The fourth-order valence-corrected chi connectivity index (χ4v) is 1.59. The summed E-state index contributed by atoms with van der Waals surface area (Å²) < 4.78 is 21.5. The molecule has 0 spiro atoms. The van der Waals surface area contributed by atoms with Gasteiger partial charge in [-0.25, -0.2) is 13.6 Å². The molecule has 4 N–H and O–H groups in total. The fraction of sp³-hybridized carbons (Fsp3) is 0.900. The molecule has 0 unspecified atom stereocenters. The van der Waals surface area contributed by atoms with E-state index in [1.807, 2.05) is 6.92 Å². The van der Waals surface area contributed by atoms with Crippen molar-refractivity contribution in [2.75, 3.05) is 25.4 Å². The van der Waals surface area contributed by atoms with E-state index in [0.29, 0.717) is 5.96 Å². The highest BCUT2D eigenvalue weighted by atomic mass is 127. The predicted octanol–water partition coefficient (Wildman–Crippen LogP) is 0.638. The highest BCUT2D eigenvalue weighted by molar-refractivity contribution is 14.0. The van der Waals surface area contributed by atoms with Crippen molar-refractivity contribution in [2.45, 2.75) is 33.1 Å². The van der Waals surface area contributed by atoms with Crippen LogP contribution < -0.4 is 15.8 Å². The van der Waals surface area contributed by atoms with Gasteiger partial charge in [-0.05, 0) is 13.3 Å². The van der Waals surface area contributed by atoms with Gasteiger partial charge in [0.25, 0.3) is 0 Å². The number of aliphatic imine (C=N–C) groups is 1. The molecule has 0 aliphatic rings. The lowest BCUT2D eigenvalue weighted by atomic mass is 10.2. The lowest BCUT2D eigenvalue weighted by Crippen LogP contribution is -2.40. The Labute approximate surface area is 127 Å². The molecule has 0 aromatic rings. The van der Waals surface area contributed by atoms with Crippen LogP contribution >= 0.6 is 24.0 Å². The van der Waals surface area contributed by atoms with Gasteiger partial charge in [0.15, 0.2) is 5.96 Å². The normalized spacial score (nSPS) is 11.8. The molecule has 0 fully saturated rings. The fourth-order valence-electron chi connectivity index (χ4n) is 1.21. The van der Waals surface area contributed by atoms with Crippen LogP contribution in [-0.2, 0) is 10.0 Å². The lowest BCUT2D eigenvalue weighted by molar-refractivity contribution is 0.596. The van der Waals surface area contributed by atoms with E-state index in [9.17, 15) is 8.42 Å². The summed E-state index contributed by atoms with van der Waals surface area (Å²) in [5, 5.41) is 10.9. The van der Waals surface area contributed by atoms with Crippen LogP contribution in [0.5, 0.6) is 0 Å². The van der Waals surface area contributed by atoms with Crippen molar-refractivity contribution in [1.29, 1.82) is 0 Å². The summed E-state index contributed by atoms with van der Waals surface area (Å²) in [5.74, 6) is 0.555. The molecule has 0 aromatic heterocycles. The van der Waals surface area contributed by atoms with Crippen molar-refractivity contribution in [3.63, 3.8) is 0 Å². The molecule has 0 rings (SSSR count). The first kappa shape index (κ1) is 20.2. The minimum atomic E-state index is -3.41. The van der Waals surface area contributed by atoms with E-state index in [-0.39, 0.29) is 36.3 Å². The number of halogens is 1. The van der Waals surface area contributed by atoms with E-state index in [1.54, 1.807) is 0 Å². The summed E-state index contributed by atoms with van der Waals surface area (Å²) in [5.41, 5.74) is 0. The number of primary sulfonamides is 1. The van der Waals surface area contributed by atoms with Gasteiger partial charge in [0.2, 0.25) is 10.0 Å². The topological polar surface area (TPSA) is 96.6 Å². The maximum atomic E-state index is 10.7. The SMILES string of the molecule is CCCCCN=C(NCC)NCCS(N)(=O)=O.I. The zero-order valence-electron chi connectivity index (χ0n) is 11.1. The second kappa shape index (κ2) is 12.0. The number of rotatable bonds is 8. The van der Waals surface area contributed by atoms with E-state index < -0.39 is 10.0 Å². The van der Waals surface area contributed by atoms with Crippen LogP contribution in [-0.4, -0.2) is 39.8 Å². The number of unbranched alkanes of at least 4 members (excludes halogenated alkanes) is 2. The van der Waals surface area contributed by atoms with Crippen LogP contribution in [0.15, 0.2) is 4.99 Å². The standard InChI is InChI=1S/C10H24N4O2S.HI/c1-3-5-6-7-13-10(12-4-2)14-8-9-17(11,15)16;/h3-9H2,1-2H3,(H2,11,15,16)(H2,12,13,14);1H. The number of guanidine groups is 1. The van der Waals surface area contributed by atoms with E-state index in [0.717, 1.165) is 32.4 Å². The quantitative estimate of drug-likeness (QED) is 0.244. The molecule has 0 aromatic carbocycles. The van der Waals surface area contributed by atoms with Gasteiger partial charge in [0, 0.05) is 19.6 Å². The Morgan fingerprint density at radius 3 is 2.39 bits per heavy atom. The molecule has 0 aliphatic heterocycles. The smallest absolute Gasteiger partial charge is 0.210 e. The van der Waals surface area contributed by atoms with Crippen molar-refractivity contribution in [1.82, 2.24) is 10.6 Å². The van der Waals surface area contributed by atoms with Crippen molar-refractivity contribution < 1.29 is 8.42 Å². The molecule has 18 heavy (non-hydrogen) atoms. The Bertz CT molecular complexity index is 320. The molecule has 0 saturated heterocycles. The molecule has 0 heterocycles. The van der Waals surface area contributed by atoms with E-state index >= 15 is 0 Å². The average Bonchev–Trinajstić information content (AvgIpc) is 2.22. The van der Waals surface area contributed by atoms with Gasteiger partial charge in [0.05, 0.1) is 5.75 Å². The molecule has 0 bridgehead atoms. The second-order valence-electron chi connectivity index (χ2n) is 3.76.